The minimum atomic E-state index is -0.701. The van der Waals surface area contributed by atoms with Gasteiger partial charge in [-0.3, -0.25) is 19.6 Å². The Morgan fingerprint density at radius 2 is 1.67 bits per heavy atom. The lowest BCUT2D eigenvalue weighted by atomic mass is 9.86. The number of carbonyl (C=O) groups is 2. The summed E-state index contributed by atoms with van der Waals surface area (Å²) in [6.07, 6.45) is 6.48. The first kappa shape index (κ1) is 24.2. The molecule has 0 unspecified atom stereocenters. The molecule has 5 rings (SSSR count). The number of carbonyl (C=O) groups excluding carboxylic acids is 2. The fraction of sp³-hybridized carbons (Fsp3) is 0.367. The summed E-state index contributed by atoms with van der Waals surface area (Å²) < 4.78 is 0. The third-order valence-corrected chi connectivity index (χ3v) is 7.87. The van der Waals surface area contributed by atoms with Crippen molar-refractivity contribution < 1.29 is 9.59 Å². The lowest BCUT2D eigenvalue weighted by Gasteiger charge is -2.40. The maximum Gasteiger partial charge on any atom is 0.327 e. The van der Waals surface area contributed by atoms with E-state index in [4.69, 9.17) is 0 Å². The standard InChI is InChI=1S/C30H34N4O2/c1-23-7-3-4-11-27(23)26-10-5-8-25(21-26)22-33-19-14-30(15-20-33)28(35)34(29(36)32(30)2)18-6-9-24-12-16-31-17-13-24/h3-5,7-8,10-13,16-17,21H,6,9,14-15,18-20,22H2,1-2H3. The van der Waals surface area contributed by atoms with Crippen LogP contribution in [0.1, 0.15) is 36.0 Å². The number of aryl methyl sites for hydroxylation is 2. The average molecular weight is 483 g/mol. The van der Waals surface area contributed by atoms with E-state index in [1.807, 2.05) is 12.1 Å². The van der Waals surface area contributed by atoms with Crippen LogP contribution in [0.25, 0.3) is 11.1 Å². The number of amides is 3. The van der Waals surface area contributed by atoms with Crippen LogP contribution in [-0.4, -0.2) is 63.8 Å². The van der Waals surface area contributed by atoms with Crippen LogP contribution < -0.4 is 0 Å². The van der Waals surface area contributed by atoms with E-state index in [1.165, 1.54) is 32.7 Å². The van der Waals surface area contributed by atoms with Gasteiger partial charge in [-0.15, -0.1) is 0 Å². The highest BCUT2D eigenvalue weighted by molar-refractivity contribution is 6.07. The van der Waals surface area contributed by atoms with Crippen molar-refractivity contribution in [3.05, 3.63) is 89.7 Å². The maximum atomic E-state index is 13.5. The molecule has 186 valence electrons. The van der Waals surface area contributed by atoms with Crippen molar-refractivity contribution in [1.29, 1.82) is 0 Å². The van der Waals surface area contributed by atoms with Crippen molar-refractivity contribution in [2.24, 2.45) is 0 Å². The van der Waals surface area contributed by atoms with Gasteiger partial charge in [0.2, 0.25) is 0 Å². The Labute approximate surface area is 213 Å². The SMILES string of the molecule is Cc1ccccc1-c1cccc(CN2CCC3(CC2)C(=O)N(CCCc2ccncc2)C(=O)N3C)c1. The summed E-state index contributed by atoms with van der Waals surface area (Å²) in [6, 6.07) is 21.0. The van der Waals surface area contributed by atoms with Gasteiger partial charge in [-0.2, -0.15) is 0 Å². The Balaban J connectivity index is 1.20. The smallest absolute Gasteiger partial charge is 0.312 e. The molecule has 6 nitrogen and oxygen atoms in total. The maximum absolute atomic E-state index is 13.5. The van der Waals surface area contributed by atoms with Gasteiger partial charge < -0.3 is 4.90 Å². The molecule has 2 aromatic carbocycles. The van der Waals surface area contributed by atoms with E-state index in [2.05, 4.69) is 65.3 Å². The molecular formula is C30H34N4O2. The molecule has 6 heteroatoms. The zero-order valence-electron chi connectivity index (χ0n) is 21.2. The molecule has 0 atom stereocenters. The topological polar surface area (TPSA) is 56.8 Å². The number of rotatable bonds is 7. The van der Waals surface area contributed by atoms with Crippen molar-refractivity contribution in [3.63, 3.8) is 0 Å². The van der Waals surface area contributed by atoms with Crippen LogP contribution in [0.5, 0.6) is 0 Å². The van der Waals surface area contributed by atoms with Gasteiger partial charge in [0.05, 0.1) is 0 Å². The van der Waals surface area contributed by atoms with E-state index in [-0.39, 0.29) is 11.9 Å². The van der Waals surface area contributed by atoms with Crippen LogP contribution in [0, 0.1) is 6.92 Å². The Hall–Kier alpha value is -3.51. The third-order valence-electron chi connectivity index (χ3n) is 7.87. The highest BCUT2D eigenvalue weighted by Gasteiger charge is 2.56. The summed E-state index contributed by atoms with van der Waals surface area (Å²) in [7, 11) is 1.80. The molecular weight excluding hydrogens is 448 g/mol. The second-order valence-corrected chi connectivity index (χ2v) is 10.1. The predicted octanol–water partition coefficient (Wildman–Crippen LogP) is 4.92. The minimum absolute atomic E-state index is 0.0223. The number of likely N-dealkylation sites (tertiary alicyclic amines) is 1. The van der Waals surface area contributed by atoms with E-state index in [0.29, 0.717) is 19.4 Å². The Morgan fingerprint density at radius 3 is 2.42 bits per heavy atom. The molecule has 3 aromatic rings. The number of benzene rings is 2. The average Bonchev–Trinajstić information content (AvgIpc) is 3.07. The number of nitrogens with zero attached hydrogens (tertiary/aromatic N) is 4. The Bertz CT molecular complexity index is 1230. The molecule has 2 aliphatic heterocycles. The Morgan fingerprint density at radius 1 is 0.917 bits per heavy atom. The second-order valence-electron chi connectivity index (χ2n) is 10.1. The van der Waals surface area contributed by atoms with Crippen LogP contribution in [-0.2, 0) is 17.8 Å². The van der Waals surface area contributed by atoms with Crippen LogP contribution in [0.15, 0.2) is 73.1 Å². The van der Waals surface area contributed by atoms with Crippen molar-refractivity contribution >= 4 is 11.9 Å². The molecule has 0 saturated carbocycles. The number of pyridine rings is 1. The van der Waals surface area contributed by atoms with E-state index in [0.717, 1.165) is 32.5 Å². The number of likely N-dealkylation sites (N-methyl/N-ethyl adjacent to an activating group) is 1. The number of imide groups is 1. The summed E-state index contributed by atoms with van der Waals surface area (Å²) in [4.78, 5) is 36.1. The summed E-state index contributed by atoms with van der Waals surface area (Å²) >= 11 is 0. The van der Waals surface area contributed by atoms with Crippen molar-refractivity contribution in [2.45, 2.75) is 44.7 Å². The van der Waals surface area contributed by atoms with Crippen LogP contribution in [0.2, 0.25) is 0 Å². The number of piperidine rings is 1. The molecule has 0 bridgehead atoms. The zero-order chi connectivity index (χ0) is 25.1. The third kappa shape index (κ3) is 4.65. The van der Waals surface area contributed by atoms with Crippen molar-refractivity contribution in [2.75, 3.05) is 26.7 Å². The van der Waals surface area contributed by atoms with Gasteiger partial charge in [-0.1, -0.05) is 42.5 Å². The lowest BCUT2D eigenvalue weighted by Crippen LogP contribution is -2.55. The molecule has 1 spiro atoms. The number of hydrogen-bond donors (Lipinski definition) is 0. The predicted molar refractivity (Wildman–Crippen MR) is 141 cm³/mol. The molecule has 2 fully saturated rings. The van der Waals surface area contributed by atoms with Gasteiger partial charge in [-0.05, 0) is 78.6 Å². The quantitative estimate of drug-likeness (QED) is 0.449. The van der Waals surface area contributed by atoms with E-state index in [9.17, 15) is 9.59 Å². The summed E-state index contributed by atoms with van der Waals surface area (Å²) in [6.45, 7) is 5.04. The molecule has 0 N–H and O–H groups in total. The van der Waals surface area contributed by atoms with Gasteiger partial charge in [-0.25, -0.2) is 4.79 Å². The van der Waals surface area contributed by atoms with Crippen molar-refractivity contribution in [1.82, 2.24) is 19.7 Å². The van der Waals surface area contributed by atoms with Crippen LogP contribution in [0.4, 0.5) is 4.79 Å². The molecule has 2 aliphatic rings. The highest BCUT2D eigenvalue weighted by atomic mass is 16.2. The van der Waals surface area contributed by atoms with Gasteiger partial charge in [0.15, 0.2) is 0 Å². The van der Waals surface area contributed by atoms with E-state index in [1.54, 1.807) is 24.3 Å². The van der Waals surface area contributed by atoms with E-state index >= 15 is 0 Å². The first-order valence-electron chi connectivity index (χ1n) is 12.8. The largest absolute Gasteiger partial charge is 0.327 e. The fourth-order valence-corrected chi connectivity index (χ4v) is 5.66. The molecule has 36 heavy (non-hydrogen) atoms. The zero-order valence-corrected chi connectivity index (χ0v) is 21.2. The van der Waals surface area contributed by atoms with Gasteiger partial charge in [0.1, 0.15) is 5.54 Å². The molecule has 3 heterocycles. The molecule has 3 amide bonds. The summed E-state index contributed by atoms with van der Waals surface area (Å²) in [5.74, 6) is -0.0223. The molecule has 2 saturated heterocycles. The minimum Gasteiger partial charge on any atom is -0.312 e. The first-order chi connectivity index (χ1) is 17.5. The monoisotopic (exact) mass is 482 g/mol. The fourth-order valence-electron chi connectivity index (χ4n) is 5.66. The van der Waals surface area contributed by atoms with Gasteiger partial charge >= 0.3 is 6.03 Å². The Kier molecular flexibility index (Phi) is 6.88. The second kappa shape index (κ2) is 10.2. The van der Waals surface area contributed by atoms with Crippen LogP contribution >= 0.6 is 0 Å². The van der Waals surface area contributed by atoms with Gasteiger partial charge in [0, 0.05) is 45.6 Å². The van der Waals surface area contributed by atoms with Crippen molar-refractivity contribution in [3.8, 4) is 11.1 Å². The molecule has 0 aliphatic carbocycles. The van der Waals surface area contributed by atoms with Gasteiger partial charge in [0.25, 0.3) is 5.91 Å². The first-order valence-corrected chi connectivity index (χ1v) is 12.8. The molecule has 0 radical (unpaired) electrons. The number of hydrogen-bond acceptors (Lipinski definition) is 4. The normalized spacial score (nSPS) is 17.8. The van der Waals surface area contributed by atoms with Crippen LogP contribution in [0.3, 0.4) is 0 Å². The molecule has 1 aromatic heterocycles. The lowest BCUT2D eigenvalue weighted by molar-refractivity contribution is -0.135. The number of urea groups is 1. The summed E-state index contributed by atoms with van der Waals surface area (Å²) in [5.41, 5.74) is 5.51. The van der Waals surface area contributed by atoms with E-state index < -0.39 is 5.54 Å². The number of aromatic nitrogens is 1. The summed E-state index contributed by atoms with van der Waals surface area (Å²) in [5, 5.41) is 0. The highest BCUT2D eigenvalue weighted by Crippen LogP contribution is 2.37.